The number of carboxylic acid groups (broad SMARTS) is 1. The van der Waals surface area contributed by atoms with Crippen molar-refractivity contribution in [1.29, 1.82) is 0 Å². The zero-order valence-corrected chi connectivity index (χ0v) is 18.7. The first-order valence-electron chi connectivity index (χ1n) is 10.9. The van der Waals surface area contributed by atoms with Gasteiger partial charge < -0.3 is 15.7 Å². The van der Waals surface area contributed by atoms with Gasteiger partial charge >= 0.3 is 6.09 Å². The normalized spacial score (nSPS) is 11.6. The summed E-state index contributed by atoms with van der Waals surface area (Å²) >= 11 is 0. The first-order valence-corrected chi connectivity index (χ1v) is 10.9. The molecule has 0 saturated heterocycles. The minimum Gasteiger partial charge on any atom is -0.465 e. The SMILES string of the molecule is Cc1cnccc1-c1ccc(NC(=O)C(NC(=O)O)C(c2ccccc2)c2ccccc2)cc1. The van der Waals surface area contributed by atoms with Gasteiger partial charge in [-0.2, -0.15) is 0 Å². The number of rotatable bonds is 7. The van der Waals surface area contributed by atoms with E-state index >= 15 is 0 Å². The van der Waals surface area contributed by atoms with Crippen molar-refractivity contribution in [3.8, 4) is 11.1 Å². The lowest BCUT2D eigenvalue weighted by atomic mass is 9.84. The number of amides is 2. The molecule has 1 heterocycles. The quantitative estimate of drug-likeness (QED) is 0.348. The third-order valence-corrected chi connectivity index (χ3v) is 5.70. The monoisotopic (exact) mass is 451 g/mol. The average molecular weight is 452 g/mol. The van der Waals surface area contributed by atoms with Gasteiger partial charge in [-0.05, 0) is 52.9 Å². The van der Waals surface area contributed by atoms with E-state index in [-0.39, 0.29) is 0 Å². The molecule has 1 unspecified atom stereocenters. The van der Waals surface area contributed by atoms with Crippen molar-refractivity contribution in [2.45, 2.75) is 18.9 Å². The first kappa shape index (κ1) is 22.7. The van der Waals surface area contributed by atoms with E-state index in [9.17, 15) is 14.7 Å². The van der Waals surface area contributed by atoms with Crippen LogP contribution in [0.3, 0.4) is 0 Å². The van der Waals surface area contributed by atoms with Gasteiger partial charge in [-0.1, -0.05) is 72.8 Å². The second-order valence-corrected chi connectivity index (χ2v) is 7.98. The average Bonchev–Trinajstić information content (AvgIpc) is 2.86. The Morgan fingerprint density at radius 2 is 1.41 bits per heavy atom. The van der Waals surface area contributed by atoms with Crippen LogP contribution in [0, 0.1) is 6.92 Å². The molecule has 3 aromatic carbocycles. The lowest BCUT2D eigenvalue weighted by Crippen LogP contribution is -2.47. The summed E-state index contributed by atoms with van der Waals surface area (Å²) in [6.45, 7) is 1.99. The Morgan fingerprint density at radius 1 is 0.824 bits per heavy atom. The predicted molar refractivity (Wildman–Crippen MR) is 133 cm³/mol. The molecule has 3 N–H and O–H groups in total. The highest BCUT2D eigenvalue weighted by Crippen LogP contribution is 2.29. The minimum absolute atomic E-state index is 0.437. The molecular formula is C28H25N3O3. The zero-order chi connectivity index (χ0) is 23.9. The number of benzene rings is 3. The number of pyridine rings is 1. The van der Waals surface area contributed by atoms with Crippen LogP contribution < -0.4 is 10.6 Å². The molecule has 0 aliphatic heterocycles. The Balaban J connectivity index is 1.63. The summed E-state index contributed by atoms with van der Waals surface area (Å²) in [5.74, 6) is -0.940. The van der Waals surface area contributed by atoms with Gasteiger partial charge in [-0.25, -0.2) is 4.79 Å². The van der Waals surface area contributed by atoms with Gasteiger partial charge in [-0.3, -0.25) is 9.78 Å². The maximum absolute atomic E-state index is 13.4. The van der Waals surface area contributed by atoms with E-state index in [4.69, 9.17) is 0 Å². The number of nitrogens with zero attached hydrogens (tertiary/aromatic N) is 1. The second kappa shape index (κ2) is 10.4. The Kier molecular flexibility index (Phi) is 6.98. The van der Waals surface area contributed by atoms with Crippen molar-refractivity contribution in [1.82, 2.24) is 10.3 Å². The molecule has 0 radical (unpaired) electrons. The molecule has 2 amide bonds. The molecule has 170 valence electrons. The highest BCUT2D eigenvalue weighted by atomic mass is 16.4. The number of hydrogen-bond donors (Lipinski definition) is 3. The highest BCUT2D eigenvalue weighted by molar-refractivity contribution is 5.97. The van der Waals surface area contributed by atoms with Crippen LogP contribution in [0.5, 0.6) is 0 Å². The lowest BCUT2D eigenvalue weighted by molar-refractivity contribution is -0.118. The summed E-state index contributed by atoms with van der Waals surface area (Å²) in [6.07, 6.45) is 2.29. The summed E-state index contributed by atoms with van der Waals surface area (Å²) in [6, 6.07) is 27.2. The van der Waals surface area contributed by atoms with Gasteiger partial charge in [0.2, 0.25) is 5.91 Å². The van der Waals surface area contributed by atoms with Crippen LogP contribution in [-0.4, -0.2) is 28.1 Å². The van der Waals surface area contributed by atoms with Crippen molar-refractivity contribution >= 4 is 17.7 Å². The predicted octanol–water partition coefficient (Wildman–Crippen LogP) is 5.46. The van der Waals surface area contributed by atoms with E-state index < -0.39 is 24.0 Å². The van der Waals surface area contributed by atoms with Gasteiger partial charge in [0.15, 0.2) is 0 Å². The maximum Gasteiger partial charge on any atom is 0.405 e. The van der Waals surface area contributed by atoms with E-state index in [1.54, 1.807) is 12.4 Å². The Labute approximate surface area is 198 Å². The number of nitrogens with one attached hydrogen (secondary N) is 2. The van der Waals surface area contributed by atoms with Crippen molar-refractivity contribution in [2.24, 2.45) is 0 Å². The highest BCUT2D eigenvalue weighted by Gasteiger charge is 2.32. The van der Waals surface area contributed by atoms with Gasteiger partial charge in [-0.15, -0.1) is 0 Å². The Hall–Kier alpha value is -4.45. The van der Waals surface area contributed by atoms with Gasteiger partial charge in [0, 0.05) is 24.0 Å². The number of carbonyl (C=O) groups excluding carboxylic acids is 1. The number of hydrogen-bond acceptors (Lipinski definition) is 3. The number of aryl methyl sites for hydroxylation is 1. The molecule has 34 heavy (non-hydrogen) atoms. The fraction of sp³-hybridized carbons (Fsp3) is 0.107. The van der Waals surface area contributed by atoms with E-state index in [1.165, 1.54) is 0 Å². The van der Waals surface area contributed by atoms with Crippen LogP contribution in [0.25, 0.3) is 11.1 Å². The molecule has 1 atom stereocenters. The minimum atomic E-state index is -1.26. The summed E-state index contributed by atoms with van der Waals surface area (Å²) in [7, 11) is 0. The summed E-state index contributed by atoms with van der Waals surface area (Å²) < 4.78 is 0. The molecule has 0 fully saturated rings. The summed E-state index contributed by atoms with van der Waals surface area (Å²) in [5.41, 5.74) is 5.38. The lowest BCUT2D eigenvalue weighted by Gasteiger charge is -2.27. The molecule has 6 nitrogen and oxygen atoms in total. The van der Waals surface area contributed by atoms with Gasteiger partial charge in [0.1, 0.15) is 6.04 Å². The number of aromatic nitrogens is 1. The molecule has 0 bridgehead atoms. The Bertz CT molecular complexity index is 1220. The molecule has 0 aliphatic carbocycles. The standard InChI is InChI=1S/C28H25N3O3/c1-19-18-29-17-16-24(19)20-12-14-23(15-13-20)30-27(32)26(31-28(33)34)25(21-8-4-2-5-9-21)22-10-6-3-7-11-22/h2-18,25-26,31H,1H3,(H,30,32)(H,33,34). The van der Waals surface area contributed by atoms with E-state index in [1.807, 2.05) is 97.9 Å². The molecular weight excluding hydrogens is 426 g/mol. The first-order chi connectivity index (χ1) is 16.5. The van der Waals surface area contributed by atoms with Crippen LogP contribution in [-0.2, 0) is 4.79 Å². The molecule has 0 aliphatic rings. The molecule has 1 aromatic heterocycles. The molecule has 6 heteroatoms. The fourth-order valence-electron chi connectivity index (χ4n) is 4.08. The van der Waals surface area contributed by atoms with Crippen LogP contribution in [0.2, 0.25) is 0 Å². The van der Waals surface area contributed by atoms with E-state index in [0.717, 1.165) is 27.8 Å². The van der Waals surface area contributed by atoms with Crippen molar-refractivity contribution in [2.75, 3.05) is 5.32 Å². The third-order valence-electron chi connectivity index (χ3n) is 5.70. The number of carbonyl (C=O) groups is 2. The largest absolute Gasteiger partial charge is 0.465 e. The second-order valence-electron chi connectivity index (χ2n) is 7.98. The van der Waals surface area contributed by atoms with Gasteiger partial charge in [0.25, 0.3) is 0 Å². The maximum atomic E-state index is 13.4. The molecule has 0 saturated carbocycles. The third kappa shape index (κ3) is 5.30. The summed E-state index contributed by atoms with van der Waals surface area (Å²) in [4.78, 5) is 29.2. The smallest absolute Gasteiger partial charge is 0.405 e. The van der Waals surface area contributed by atoms with E-state index in [2.05, 4.69) is 15.6 Å². The van der Waals surface area contributed by atoms with E-state index in [0.29, 0.717) is 5.69 Å². The van der Waals surface area contributed by atoms with Crippen LogP contribution in [0.15, 0.2) is 103 Å². The van der Waals surface area contributed by atoms with Crippen molar-refractivity contribution in [3.05, 3.63) is 120 Å². The van der Waals surface area contributed by atoms with Gasteiger partial charge in [0.05, 0.1) is 0 Å². The van der Waals surface area contributed by atoms with Crippen LogP contribution >= 0.6 is 0 Å². The zero-order valence-electron chi connectivity index (χ0n) is 18.7. The van der Waals surface area contributed by atoms with Crippen molar-refractivity contribution in [3.63, 3.8) is 0 Å². The van der Waals surface area contributed by atoms with Crippen molar-refractivity contribution < 1.29 is 14.7 Å². The molecule has 4 rings (SSSR count). The molecule has 0 spiro atoms. The number of anilines is 1. The topological polar surface area (TPSA) is 91.3 Å². The summed E-state index contributed by atoms with van der Waals surface area (Å²) in [5, 5.41) is 14.9. The van der Waals surface area contributed by atoms with Crippen LogP contribution in [0.1, 0.15) is 22.6 Å². The van der Waals surface area contributed by atoms with Crippen LogP contribution in [0.4, 0.5) is 10.5 Å². The molecule has 4 aromatic rings. The fourth-order valence-corrected chi connectivity index (χ4v) is 4.08. The Morgan fingerprint density at radius 3 is 1.94 bits per heavy atom.